The zero-order chi connectivity index (χ0) is 16.0. The third-order valence-electron chi connectivity index (χ3n) is 3.58. The second-order valence-corrected chi connectivity index (χ2v) is 7.46. The molecule has 4 rings (SSSR count). The molecule has 0 aliphatic rings. The van der Waals surface area contributed by atoms with Gasteiger partial charge in [0.25, 0.3) is 5.56 Å². The highest BCUT2D eigenvalue weighted by Gasteiger charge is 2.15. The molecule has 0 aliphatic carbocycles. The third-order valence-corrected chi connectivity index (χ3v) is 5.49. The Morgan fingerprint density at radius 2 is 1.96 bits per heavy atom. The molecule has 0 saturated heterocycles. The fourth-order valence-corrected chi connectivity index (χ4v) is 4.41. The molecule has 4 nitrogen and oxygen atoms in total. The average molecular weight is 339 g/mol. The van der Waals surface area contributed by atoms with Crippen LogP contribution in [-0.4, -0.2) is 15.0 Å². The lowest BCUT2D eigenvalue weighted by Gasteiger charge is -2.02. The van der Waals surface area contributed by atoms with E-state index in [0.29, 0.717) is 16.9 Å². The molecule has 0 aromatic carbocycles. The first kappa shape index (κ1) is 14.3. The van der Waals surface area contributed by atoms with Gasteiger partial charge in [-0.2, -0.15) is 0 Å². The van der Waals surface area contributed by atoms with Crippen LogP contribution in [0.5, 0.6) is 0 Å². The Kier molecular flexibility index (Phi) is 3.36. The van der Waals surface area contributed by atoms with Gasteiger partial charge in [-0.15, -0.1) is 22.7 Å². The van der Waals surface area contributed by atoms with Gasteiger partial charge in [0.05, 0.1) is 5.39 Å². The molecule has 0 amide bonds. The largest absolute Gasteiger partial charge is 0.305 e. The van der Waals surface area contributed by atoms with Crippen molar-refractivity contribution in [1.29, 1.82) is 0 Å². The van der Waals surface area contributed by atoms with E-state index >= 15 is 0 Å². The molecule has 0 saturated carbocycles. The molecule has 0 bridgehead atoms. The van der Waals surface area contributed by atoms with Crippen molar-refractivity contribution in [2.24, 2.45) is 0 Å². The highest BCUT2D eigenvalue weighted by molar-refractivity contribution is 7.19. The van der Waals surface area contributed by atoms with Crippen LogP contribution >= 0.6 is 22.7 Å². The van der Waals surface area contributed by atoms with Gasteiger partial charge in [-0.3, -0.25) is 4.79 Å². The highest BCUT2D eigenvalue weighted by atomic mass is 32.1. The van der Waals surface area contributed by atoms with Crippen molar-refractivity contribution < 1.29 is 0 Å². The van der Waals surface area contributed by atoms with E-state index in [2.05, 4.69) is 34.0 Å². The van der Waals surface area contributed by atoms with Gasteiger partial charge in [-0.25, -0.2) is 9.97 Å². The SMILES string of the molecule is Cc1cccc(-c2nc3scc(-c4ccc(C)s4)c3c(=O)[nH]2)n1. The second-order valence-electron chi connectivity index (χ2n) is 5.32. The normalized spacial score (nSPS) is 11.2. The number of aromatic nitrogens is 3. The molecule has 0 atom stereocenters. The maximum Gasteiger partial charge on any atom is 0.260 e. The second kappa shape index (κ2) is 5.40. The number of hydrogen-bond acceptors (Lipinski definition) is 5. The molecule has 0 spiro atoms. The van der Waals surface area contributed by atoms with Gasteiger partial charge in [-0.1, -0.05) is 6.07 Å². The number of aryl methyl sites for hydroxylation is 2. The van der Waals surface area contributed by atoms with E-state index in [1.54, 1.807) is 11.3 Å². The van der Waals surface area contributed by atoms with Crippen molar-refractivity contribution in [2.45, 2.75) is 13.8 Å². The molecular weight excluding hydrogens is 326 g/mol. The average Bonchev–Trinajstić information content (AvgIpc) is 3.13. The van der Waals surface area contributed by atoms with Crippen LogP contribution in [0.25, 0.3) is 32.2 Å². The minimum atomic E-state index is -0.115. The van der Waals surface area contributed by atoms with Crippen LogP contribution in [0.15, 0.2) is 40.5 Å². The number of aromatic amines is 1. The number of thiophene rings is 2. The van der Waals surface area contributed by atoms with E-state index in [4.69, 9.17) is 0 Å². The van der Waals surface area contributed by atoms with Crippen molar-refractivity contribution in [2.75, 3.05) is 0 Å². The van der Waals surface area contributed by atoms with Crippen LogP contribution in [-0.2, 0) is 0 Å². The summed E-state index contributed by atoms with van der Waals surface area (Å²) in [6.07, 6.45) is 0. The molecule has 0 radical (unpaired) electrons. The number of rotatable bonds is 2. The third kappa shape index (κ3) is 2.50. The lowest BCUT2D eigenvalue weighted by molar-refractivity contribution is 1.12. The van der Waals surface area contributed by atoms with Gasteiger partial charge in [0.15, 0.2) is 5.82 Å². The van der Waals surface area contributed by atoms with Gasteiger partial charge >= 0.3 is 0 Å². The van der Waals surface area contributed by atoms with E-state index in [1.807, 2.05) is 30.5 Å². The van der Waals surface area contributed by atoms with Gasteiger partial charge in [-0.05, 0) is 38.1 Å². The van der Waals surface area contributed by atoms with Crippen LogP contribution < -0.4 is 5.56 Å². The minimum Gasteiger partial charge on any atom is -0.305 e. The predicted molar refractivity (Wildman–Crippen MR) is 96.3 cm³/mol. The van der Waals surface area contributed by atoms with Gasteiger partial charge in [0.2, 0.25) is 0 Å². The number of H-pyrrole nitrogens is 1. The fourth-order valence-electron chi connectivity index (χ4n) is 2.51. The smallest absolute Gasteiger partial charge is 0.260 e. The van der Waals surface area contributed by atoms with E-state index < -0.39 is 0 Å². The summed E-state index contributed by atoms with van der Waals surface area (Å²) >= 11 is 3.18. The number of nitrogens with zero attached hydrogens (tertiary/aromatic N) is 2. The Hall–Kier alpha value is -2.31. The summed E-state index contributed by atoms with van der Waals surface area (Å²) in [4.78, 5) is 27.6. The Morgan fingerprint density at radius 1 is 1.09 bits per heavy atom. The molecule has 23 heavy (non-hydrogen) atoms. The summed E-state index contributed by atoms with van der Waals surface area (Å²) in [6.45, 7) is 3.98. The highest BCUT2D eigenvalue weighted by Crippen LogP contribution is 2.35. The first-order valence-electron chi connectivity index (χ1n) is 7.14. The molecule has 0 unspecified atom stereocenters. The van der Waals surface area contributed by atoms with Crippen LogP contribution in [0.1, 0.15) is 10.6 Å². The Balaban J connectivity index is 1.92. The molecule has 6 heteroatoms. The first-order valence-corrected chi connectivity index (χ1v) is 8.84. The van der Waals surface area contributed by atoms with E-state index in [0.717, 1.165) is 21.0 Å². The van der Waals surface area contributed by atoms with E-state index in [1.165, 1.54) is 16.2 Å². The zero-order valence-corrected chi connectivity index (χ0v) is 14.2. The predicted octanol–water partition coefficient (Wildman–Crippen LogP) is 4.39. The summed E-state index contributed by atoms with van der Waals surface area (Å²) in [5.74, 6) is 0.516. The number of pyridine rings is 1. The Morgan fingerprint density at radius 3 is 2.70 bits per heavy atom. The fraction of sp³-hybridized carbons (Fsp3) is 0.118. The Labute approximate surface area is 140 Å². The van der Waals surface area contributed by atoms with Gasteiger partial charge in [0.1, 0.15) is 10.5 Å². The molecule has 1 N–H and O–H groups in total. The summed E-state index contributed by atoms with van der Waals surface area (Å²) in [5, 5.41) is 2.67. The number of nitrogens with one attached hydrogen (secondary N) is 1. The van der Waals surface area contributed by atoms with Crippen LogP contribution in [0.2, 0.25) is 0 Å². The topological polar surface area (TPSA) is 58.6 Å². The van der Waals surface area contributed by atoms with Crippen LogP contribution in [0.3, 0.4) is 0 Å². The number of fused-ring (bicyclic) bond motifs is 1. The van der Waals surface area contributed by atoms with E-state index in [9.17, 15) is 4.79 Å². The molecule has 4 aromatic heterocycles. The quantitative estimate of drug-likeness (QED) is 0.589. The molecule has 4 heterocycles. The van der Waals surface area contributed by atoms with Crippen LogP contribution in [0.4, 0.5) is 0 Å². The molecule has 4 aromatic rings. The summed E-state index contributed by atoms with van der Waals surface area (Å²) < 4.78 is 0. The van der Waals surface area contributed by atoms with Crippen molar-refractivity contribution >= 4 is 32.9 Å². The maximum absolute atomic E-state index is 12.6. The molecule has 114 valence electrons. The maximum atomic E-state index is 12.6. The molecule has 0 aliphatic heterocycles. The molecule has 0 fully saturated rings. The monoisotopic (exact) mass is 339 g/mol. The van der Waals surface area contributed by atoms with Gasteiger partial charge in [0, 0.05) is 26.4 Å². The molecular formula is C17H13N3OS2. The summed E-state index contributed by atoms with van der Waals surface area (Å²) in [7, 11) is 0. The standard InChI is InChI=1S/C17H13N3OS2/c1-9-4-3-5-12(18-9)15-19-16(21)14-11(8-22-17(14)20-15)13-7-6-10(2)23-13/h3-8H,1-2H3,(H,19,20,21). The van der Waals surface area contributed by atoms with Crippen molar-refractivity contribution in [3.8, 4) is 22.0 Å². The minimum absolute atomic E-state index is 0.115. The summed E-state index contributed by atoms with van der Waals surface area (Å²) in [5.41, 5.74) is 2.42. The van der Waals surface area contributed by atoms with Crippen molar-refractivity contribution in [1.82, 2.24) is 15.0 Å². The lowest BCUT2D eigenvalue weighted by atomic mass is 10.2. The lowest BCUT2D eigenvalue weighted by Crippen LogP contribution is -2.09. The number of hydrogen-bond donors (Lipinski definition) is 1. The summed E-state index contributed by atoms with van der Waals surface area (Å²) in [6, 6.07) is 9.81. The zero-order valence-electron chi connectivity index (χ0n) is 12.6. The Bertz CT molecular complexity index is 1070. The van der Waals surface area contributed by atoms with Crippen LogP contribution in [0, 0.1) is 13.8 Å². The van der Waals surface area contributed by atoms with Crippen molar-refractivity contribution in [3.63, 3.8) is 0 Å². The van der Waals surface area contributed by atoms with Crippen molar-refractivity contribution in [3.05, 3.63) is 56.6 Å². The van der Waals surface area contributed by atoms with Gasteiger partial charge < -0.3 is 4.98 Å². The van der Waals surface area contributed by atoms with E-state index in [-0.39, 0.29) is 5.56 Å². The first-order chi connectivity index (χ1) is 11.1.